The molecular formula is C23H37NO3. The highest BCUT2D eigenvalue weighted by Crippen LogP contribution is 2.31. The SMILES string of the molecule is CC.CC.CNC(=O)CCc1cc(C)c(Oc2ccc(OC)cc2)c(C)c1.[HH]. The number of hydrogen-bond donors (Lipinski definition) is 1. The lowest BCUT2D eigenvalue weighted by atomic mass is 10.0. The number of ether oxygens (including phenoxy) is 2. The molecule has 0 saturated heterocycles. The van der Waals surface area contributed by atoms with Gasteiger partial charge in [0.15, 0.2) is 0 Å². The first-order chi connectivity index (χ1) is 13.0. The molecule has 4 heteroatoms. The standard InChI is InChI=1S/C19H23NO3.2C2H6.H2/c1-13-11-15(5-10-18(21)20-3)12-14(2)19(13)23-17-8-6-16(22-4)7-9-17;2*1-2;/h6-9,11-12H,5,10H2,1-4H3,(H,20,21);2*1-2H3;1H. The number of carbonyl (C=O) groups is 1. The van der Waals surface area contributed by atoms with Gasteiger partial charge in [-0.05, 0) is 61.2 Å². The van der Waals surface area contributed by atoms with Gasteiger partial charge < -0.3 is 14.8 Å². The lowest BCUT2D eigenvalue weighted by Crippen LogP contribution is -2.17. The van der Waals surface area contributed by atoms with E-state index in [0.717, 1.165) is 40.4 Å². The first kappa shape index (κ1) is 24.5. The molecular weight excluding hydrogens is 338 g/mol. The molecule has 0 aliphatic carbocycles. The van der Waals surface area contributed by atoms with Gasteiger partial charge in [0.05, 0.1) is 7.11 Å². The van der Waals surface area contributed by atoms with Crippen LogP contribution >= 0.6 is 0 Å². The Morgan fingerprint density at radius 2 is 1.44 bits per heavy atom. The second-order valence-electron chi connectivity index (χ2n) is 5.51. The molecule has 2 aromatic carbocycles. The summed E-state index contributed by atoms with van der Waals surface area (Å²) in [5.41, 5.74) is 3.27. The fraction of sp³-hybridized carbons (Fsp3) is 0.435. The summed E-state index contributed by atoms with van der Waals surface area (Å²) >= 11 is 0. The molecule has 0 bridgehead atoms. The molecule has 2 rings (SSSR count). The van der Waals surface area contributed by atoms with Gasteiger partial charge in [-0.25, -0.2) is 0 Å². The third-order valence-corrected chi connectivity index (χ3v) is 3.72. The Kier molecular flexibility index (Phi) is 12.4. The van der Waals surface area contributed by atoms with Crippen LogP contribution < -0.4 is 14.8 Å². The van der Waals surface area contributed by atoms with E-state index in [-0.39, 0.29) is 7.33 Å². The van der Waals surface area contributed by atoms with Crippen molar-refractivity contribution in [2.75, 3.05) is 14.2 Å². The minimum Gasteiger partial charge on any atom is -0.497 e. The Labute approximate surface area is 166 Å². The lowest BCUT2D eigenvalue weighted by Gasteiger charge is -2.14. The molecule has 27 heavy (non-hydrogen) atoms. The number of rotatable bonds is 6. The Morgan fingerprint density at radius 3 is 1.89 bits per heavy atom. The summed E-state index contributed by atoms with van der Waals surface area (Å²) in [6.07, 6.45) is 1.22. The maximum absolute atomic E-state index is 11.4. The van der Waals surface area contributed by atoms with E-state index in [4.69, 9.17) is 9.47 Å². The van der Waals surface area contributed by atoms with E-state index < -0.39 is 0 Å². The summed E-state index contributed by atoms with van der Waals surface area (Å²) in [4.78, 5) is 11.4. The van der Waals surface area contributed by atoms with Crippen molar-refractivity contribution in [1.82, 2.24) is 5.32 Å². The maximum Gasteiger partial charge on any atom is 0.220 e. The van der Waals surface area contributed by atoms with Crippen molar-refractivity contribution in [3.05, 3.63) is 53.1 Å². The first-order valence-electron chi connectivity index (χ1n) is 9.66. The molecule has 0 radical (unpaired) electrons. The molecule has 1 amide bonds. The summed E-state index contributed by atoms with van der Waals surface area (Å²) < 4.78 is 11.2. The third kappa shape index (κ3) is 8.16. The van der Waals surface area contributed by atoms with Gasteiger partial charge in [0.1, 0.15) is 17.2 Å². The summed E-state index contributed by atoms with van der Waals surface area (Å²) in [7, 11) is 3.30. The van der Waals surface area contributed by atoms with Crippen LogP contribution in [0.2, 0.25) is 0 Å². The predicted molar refractivity (Wildman–Crippen MR) is 116 cm³/mol. The Balaban J connectivity index is 0. The second kappa shape index (κ2) is 13.7. The quantitative estimate of drug-likeness (QED) is 0.665. The smallest absolute Gasteiger partial charge is 0.220 e. The summed E-state index contributed by atoms with van der Waals surface area (Å²) in [5.74, 6) is 2.49. The van der Waals surface area contributed by atoms with Gasteiger partial charge in [0.2, 0.25) is 5.91 Å². The van der Waals surface area contributed by atoms with Crippen molar-refractivity contribution in [1.29, 1.82) is 0 Å². The van der Waals surface area contributed by atoms with Gasteiger partial charge >= 0.3 is 0 Å². The largest absolute Gasteiger partial charge is 0.497 e. The molecule has 0 aliphatic heterocycles. The highest BCUT2D eigenvalue weighted by Gasteiger charge is 2.09. The van der Waals surface area contributed by atoms with Crippen LogP contribution in [0.4, 0.5) is 0 Å². The molecule has 4 nitrogen and oxygen atoms in total. The minimum atomic E-state index is 0. The van der Waals surface area contributed by atoms with E-state index in [1.165, 1.54) is 0 Å². The molecule has 0 spiro atoms. The molecule has 152 valence electrons. The number of amides is 1. The van der Waals surface area contributed by atoms with Crippen molar-refractivity contribution in [2.45, 2.75) is 54.4 Å². The molecule has 0 saturated carbocycles. The van der Waals surface area contributed by atoms with Crippen LogP contribution in [0.3, 0.4) is 0 Å². The van der Waals surface area contributed by atoms with Crippen LogP contribution in [0.1, 0.15) is 52.2 Å². The van der Waals surface area contributed by atoms with Gasteiger partial charge in [0.25, 0.3) is 0 Å². The molecule has 0 fully saturated rings. The van der Waals surface area contributed by atoms with E-state index in [1.807, 2.05) is 65.8 Å². The zero-order valence-corrected chi connectivity index (χ0v) is 18.1. The molecule has 0 unspecified atom stereocenters. The number of carbonyl (C=O) groups excluding carboxylic acids is 1. The Hall–Kier alpha value is -2.49. The monoisotopic (exact) mass is 375 g/mol. The lowest BCUT2D eigenvalue weighted by molar-refractivity contribution is -0.120. The van der Waals surface area contributed by atoms with E-state index in [9.17, 15) is 4.79 Å². The molecule has 1 N–H and O–H groups in total. The average Bonchev–Trinajstić information content (AvgIpc) is 2.72. The van der Waals surface area contributed by atoms with Crippen molar-refractivity contribution in [2.24, 2.45) is 0 Å². The second-order valence-corrected chi connectivity index (χ2v) is 5.51. The normalized spacial score (nSPS) is 9.19. The number of nitrogens with one attached hydrogen (secondary N) is 1. The van der Waals surface area contributed by atoms with Gasteiger partial charge in [-0.1, -0.05) is 39.8 Å². The zero-order valence-electron chi connectivity index (χ0n) is 18.1. The number of hydrogen-bond acceptors (Lipinski definition) is 3. The van der Waals surface area contributed by atoms with E-state index in [1.54, 1.807) is 14.2 Å². The van der Waals surface area contributed by atoms with Crippen molar-refractivity contribution < 1.29 is 15.7 Å². The average molecular weight is 376 g/mol. The van der Waals surface area contributed by atoms with Gasteiger partial charge in [-0.3, -0.25) is 4.79 Å². The first-order valence-corrected chi connectivity index (χ1v) is 9.66. The predicted octanol–water partition coefficient (Wildman–Crippen LogP) is 6.08. The van der Waals surface area contributed by atoms with Crippen LogP contribution in [0, 0.1) is 13.8 Å². The topological polar surface area (TPSA) is 47.6 Å². The fourth-order valence-corrected chi connectivity index (χ4v) is 2.49. The minimum absolute atomic E-state index is 0. The Morgan fingerprint density at radius 1 is 0.963 bits per heavy atom. The van der Waals surface area contributed by atoms with Crippen molar-refractivity contribution in [3.8, 4) is 17.2 Å². The molecule has 2 aromatic rings. The van der Waals surface area contributed by atoms with Crippen LogP contribution in [-0.4, -0.2) is 20.1 Å². The zero-order chi connectivity index (χ0) is 20.8. The molecule has 0 aromatic heterocycles. The fourth-order valence-electron chi connectivity index (χ4n) is 2.49. The summed E-state index contributed by atoms with van der Waals surface area (Å²) in [5, 5.41) is 2.64. The highest BCUT2D eigenvalue weighted by molar-refractivity contribution is 5.75. The number of benzene rings is 2. The molecule has 0 heterocycles. The van der Waals surface area contributed by atoms with Gasteiger partial charge in [0, 0.05) is 14.9 Å². The maximum atomic E-state index is 11.4. The Bertz CT molecular complexity index is 662. The van der Waals surface area contributed by atoms with Gasteiger partial charge in [-0.2, -0.15) is 0 Å². The molecule has 0 aliphatic rings. The van der Waals surface area contributed by atoms with Crippen LogP contribution in [0.15, 0.2) is 36.4 Å². The highest BCUT2D eigenvalue weighted by atomic mass is 16.5. The van der Waals surface area contributed by atoms with E-state index in [0.29, 0.717) is 6.42 Å². The van der Waals surface area contributed by atoms with E-state index in [2.05, 4.69) is 17.4 Å². The van der Waals surface area contributed by atoms with Crippen LogP contribution in [-0.2, 0) is 11.2 Å². The number of aryl methyl sites for hydroxylation is 3. The van der Waals surface area contributed by atoms with Crippen LogP contribution in [0.5, 0.6) is 17.2 Å². The molecule has 0 atom stereocenters. The van der Waals surface area contributed by atoms with E-state index >= 15 is 0 Å². The number of methoxy groups -OCH3 is 1. The summed E-state index contributed by atoms with van der Waals surface area (Å²) in [6, 6.07) is 11.7. The third-order valence-electron chi connectivity index (χ3n) is 3.72. The van der Waals surface area contributed by atoms with Crippen molar-refractivity contribution in [3.63, 3.8) is 0 Å². The van der Waals surface area contributed by atoms with Gasteiger partial charge in [-0.15, -0.1) is 0 Å². The van der Waals surface area contributed by atoms with Crippen molar-refractivity contribution >= 4 is 5.91 Å². The van der Waals surface area contributed by atoms with Crippen LogP contribution in [0.25, 0.3) is 0 Å². The summed E-state index contributed by atoms with van der Waals surface area (Å²) in [6.45, 7) is 12.0.